The summed E-state index contributed by atoms with van der Waals surface area (Å²) in [5, 5.41) is 3.84. The maximum atomic E-state index is 13.4. The van der Waals surface area contributed by atoms with Crippen molar-refractivity contribution in [2.24, 2.45) is 0 Å². The smallest absolute Gasteiger partial charge is 0.256 e. The van der Waals surface area contributed by atoms with Gasteiger partial charge in [-0.1, -0.05) is 60.2 Å². The molecular formula is C30H24N2O2. The minimum atomic E-state index is -0.179. The van der Waals surface area contributed by atoms with Crippen molar-refractivity contribution in [1.29, 1.82) is 0 Å². The van der Waals surface area contributed by atoms with Crippen molar-refractivity contribution in [1.82, 2.24) is 4.98 Å². The summed E-state index contributed by atoms with van der Waals surface area (Å²) in [7, 11) is 0. The molecule has 1 N–H and O–H groups in total. The van der Waals surface area contributed by atoms with Crippen molar-refractivity contribution in [2.75, 3.05) is 5.32 Å². The number of carbonyl (C=O) groups excluding carboxylic acids is 1. The topological polar surface area (TPSA) is 51.2 Å². The summed E-state index contributed by atoms with van der Waals surface area (Å²) < 4.78 is 5.84. The number of nitrogens with one attached hydrogen (secondary N) is 1. The minimum Gasteiger partial charge on any atom is -0.457 e. The van der Waals surface area contributed by atoms with Crippen LogP contribution in [0, 0.1) is 13.8 Å². The Balaban J connectivity index is 1.44. The molecule has 0 saturated heterocycles. The third-order valence-electron chi connectivity index (χ3n) is 5.71. The Morgan fingerprint density at radius 1 is 0.765 bits per heavy atom. The number of rotatable bonds is 5. The Bertz CT molecular complexity index is 1480. The van der Waals surface area contributed by atoms with Crippen LogP contribution in [0.15, 0.2) is 103 Å². The number of fused-ring (bicyclic) bond motifs is 1. The van der Waals surface area contributed by atoms with E-state index in [0.29, 0.717) is 17.0 Å². The van der Waals surface area contributed by atoms with Gasteiger partial charge in [-0.25, -0.2) is 4.98 Å². The van der Waals surface area contributed by atoms with Crippen molar-refractivity contribution >= 4 is 22.5 Å². The van der Waals surface area contributed by atoms with E-state index >= 15 is 0 Å². The van der Waals surface area contributed by atoms with Crippen molar-refractivity contribution in [3.8, 4) is 22.8 Å². The molecule has 4 aromatic carbocycles. The fourth-order valence-corrected chi connectivity index (χ4v) is 4.03. The zero-order valence-electron chi connectivity index (χ0n) is 19.1. The Labute approximate surface area is 198 Å². The van der Waals surface area contributed by atoms with E-state index in [0.717, 1.165) is 33.5 Å². The lowest BCUT2D eigenvalue weighted by molar-refractivity contribution is 0.102. The maximum absolute atomic E-state index is 13.4. The molecule has 0 bridgehead atoms. The van der Waals surface area contributed by atoms with Crippen LogP contribution in [0.1, 0.15) is 21.5 Å². The molecule has 0 aliphatic heterocycles. The van der Waals surface area contributed by atoms with Crippen LogP contribution in [0.2, 0.25) is 0 Å². The zero-order valence-corrected chi connectivity index (χ0v) is 19.1. The second-order valence-electron chi connectivity index (χ2n) is 8.28. The molecule has 0 radical (unpaired) electrons. The van der Waals surface area contributed by atoms with Crippen LogP contribution in [0.4, 0.5) is 5.69 Å². The molecule has 0 fully saturated rings. The fraction of sp³-hybridized carbons (Fsp3) is 0.0667. The normalized spacial score (nSPS) is 10.8. The highest BCUT2D eigenvalue weighted by atomic mass is 16.5. The summed E-state index contributed by atoms with van der Waals surface area (Å²) in [6, 6.07) is 32.8. The second-order valence-corrected chi connectivity index (χ2v) is 8.28. The van der Waals surface area contributed by atoms with Gasteiger partial charge in [-0.15, -0.1) is 0 Å². The number of benzene rings is 4. The van der Waals surface area contributed by atoms with Gasteiger partial charge >= 0.3 is 0 Å². The van der Waals surface area contributed by atoms with Gasteiger partial charge in [0.25, 0.3) is 5.91 Å². The van der Waals surface area contributed by atoms with Crippen LogP contribution in [0.5, 0.6) is 11.5 Å². The van der Waals surface area contributed by atoms with E-state index in [-0.39, 0.29) is 5.91 Å². The number of amides is 1. The van der Waals surface area contributed by atoms with Gasteiger partial charge < -0.3 is 10.1 Å². The molecule has 1 amide bonds. The highest BCUT2D eigenvalue weighted by Crippen LogP contribution is 2.29. The van der Waals surface area contributed by atoms with Crippen molar-refractivity contribution in [3.05, 3.63) is 120 Å². The first-order chi connectivity index (χ1) is 16.6. The lowest BCUT2D eigenvalue weighted by Crippen LogP contribution is -2.13. The summed E-state index contributed by atoms with van der Waals surface area (Å²) in [6.45, 7) is 4.14. The summed E-state index contributed by atoms with van der Waals surface area (Å²) >= 11 is 0. The molecule has 0 aliphatic rings. The van der Waals surface area contributed by atoms with E-state index in [1.165, 1.54) is 5.56 Å². The molecule has 0 aliphatic carbocycles. The van der Waals surface area contributed by atoms with Gasteiger partial charge in [0, 0.05) is 16.6 Å². The number of hydrogen-bond acceptors (Lipinski definition) is 3. The van der Waals surface area contributed by atoms with Crippen molar-refractivity contribution < 1.29 is 9.53 Å². The van der Waals surface area contributed by atoms with Crippen LogP contribution in [-0.4, -0.2) is 10.9 Å². The molecule has 0 spiro atoms. The Hall–Kier alpha value is -4.44. The first-order valence-electron chi connectivity index (χ1n) is 11.2. The first kappa shape index (κ1) is 21.4. The molecule has 5 aromatic rings. The number of anilines is 1. The standard InChI is InChI=1S/C30H24N2O2/c1-20-12-17-25(21(2)18-20)29-19-27(26-10-6-7-11-28(26)32-29)30(33)31-22-13-15-24(16-14-22)34-23-8-4-3-5-9-23/h3-19H,1-2H3,(H,31,33). The fourth-order valence-electron chi connectivity index (χ4n) is 4.03. The lowest BCUT2D eigenvalue weighted by Gasteiger charge is -2.13. The maximum Gasteiger partial charge on any atom is 0.256 e. The summed E-state index contributed by atoms with van der Waals surface area (Å²) in [6.07, 6.45) is 0. The van der Waals surface area contributed by atoms with E-state index < -0.39 is 0 Å². The van der Waals surface area contributed by atoms with Crippen LogP contribution >= 0.6 is 0 Å². The van der Waals surface area contributed by atoms with Gasteiger partial charge in [-0.2, -0.15) is 0 Å². The van der Waals surface area contributed by atoms with Gasteiger partial charge in [0.2, 0.25) is 0 Å². The Morgan fingerprint density at radius 3 is 2.24 bits per heavy atom. The number of carbonyl (C=O) groups is 1. The highest BCUT2D eigenvalue weighted by Gasteiger charge is 2.15. The van der Waals surface area contributed by atoms with E-state index in [9.17, 15) is 4.79 Å². The van der Waals surface area contributed by atoms with Crippen LogP contribution in [0.25, 0.3) is 22.2 Å². The number of para-hydroxylation sites is 2. The summed E-state index contributed by atoms with van der Waals surface area (Å²) in [5.74, 6) is 1.29. The highest BCUT2D eigenvalue weighted by molar-refractivity contribution is 6.13. The molecule has 1 heterocycles. The van der Waals surface area contributed by atoms with E-state index in [4.69, 9.17) is 9.72 Å². The lowest BCUT2D eigenvalue weighted by atomic mass is 9.99. The molecular weight excluding hydrogens is 420 g/mol. The molecule has 5 rings (SSSR count). The predicted molar refractivity (Wildman–Crippen MR) is 138 cm³/mol. The van der Waals surface area contributed by atoms with Gasteiger partial charge in [0.1, 0.15) is 11.5 Å². The monoisotopic (exact) mass is 444 g/mol. The Morgan fingerprint density at radius 2 is 1.47 bits per heavy atom. The van der Waals surface area contributed by atoms with Crippen LogP contribution in [0.3, 0.4) is 0 Å². The molecule has 1 aromatic heterocycles. The number of nitrogens with zero attached hydrogens (tertiary/aromatic N) is 1. The predicted octanol–water partition coefficient (Wildman–Crippen LogP) is 7.56. The third-order valence-corrected chi connectivity index (χ3v) is 5.71. The van der Waals surface area contributed by atoms with Gasteiger partial charge in [0.05, 0.1) is 16.8 Å². The average molecular weight is 445 g/mol. The van der Waals surface area contributed by atoms with Crippen LogP contribution in [-0.2, 0) is 0 Å². The molecule has 0 unspecified atom stereocenters. The van der Waals surface area contributed by atoms with Gasteiger partial charge in [0.15, 0.2) is 0 Å². The van der Waals surface area contributed by atoms with Crippen molar-refractivity contribution in [3.63, 3.8) is 0 Å². The first-order valence-corrected chi connectivity index (χ1v) is 11.2. The second kappa shape index (κ2) is 9.20. The summed E-state index contributed by atoms with van der Waals surface area (Å²) in [5.41, 5.74) is 6.20. The molecule has 4 heteroatoms. The number of aromatic nitrogens is 1. The number of pyridine rings is 1. The largest absolute Gasteiger partial charge is 0.457 e. The molecule has 166 valence electrons. The number of aryl methyl sites for hydroxylation is 2. The van der Waals surface area contributed by atoms with E-state index in [1.54, 1.807) is 0 Å². The number of hydrogen-bond donors (Lipinski definition) is 1. The SMILES string of the molecule is Cc1ccc(-c2cc(C(=O)Nc3ccc(Oc4ccccc4)cc3)c3ccccc3n2)c(C)c1. The van der Waals surface area contributed by atoms with Gasteiger partial charge in [-0.3, -0.25) is 4.79 Å². The van der Waals surface area contributed by atoms with E-state index in [1.807, 2.05) is 84.9 Å². The van der Waals surface area contributed by atoms with Crippen molar-refractivity contribution in [2.45, 2.75) is 13.8 Å². The van der Waals surface area contributed by atoms with Gasteiger partial charge in [-0.05, 0) is 67.9 Å². The van der Waals surface area contributed by atoms with E-state index in [2.05, 4.69) is 37.4 Å². The van der Waals surface area contributed by atoms with Crippen LogP contribution < -0.4 is 10.1 Å². The molecule has 4 nitrogen and oxygen atoms in total. The number of ether oxygens (including phenoxy) is 1. The summed E-state index contributed by atoms with van der Waals surface area (Å²) in [4.78, 5) is 18.2. The Kier molecular flexibility index (Phi) is 5.79. The molecule has 0 saturated carbocycles. The zero-order chi connectivity index (χ0) is 23.5. The quantitative estimate of drug-likeness (QED) is 0.304. The molecule has 0 atom stereocenters. The third kappa shape index (κ3) is 4.52. The average Bonchev–Trinajstić information content (AvgIpc) is 2.85. The molecule has 34 heavy (non-hydrogen) atoms. The minimum absolute atomic E-state index is 0.179.